The van der Waals surface area contributed by atoms with Crippen LogP contribution in [-0.4, -0.2) is 16.9 Å². The van der Waals surface area contributed by atoms with Gasteiger partial charge in [0.25, 0.3) is 5.91 Å². The molecule has 1 aromatic rings. The summed E-state index contributed by atoms with van der Waals surface area (Å²) in [5.41, 5.74) is -1.48. The fourth-order valence-corrected chi connectivity index (χ4v) is 2.18. The number of benzene rings is 1. The predicted octanol–water partition coefficient (Wildman–Crippen LogP) is 2.55. The van der Waals surface area contributed by atoms with Crippen LogP contribution in [0, 0.1) is 21.7 Å². The summed E-state index contributed by atoms with van der Waals surface area (Å²) in [6, 6.07) is 0.960. The molecule has 0 saturated heterocycles. The van der Waals surface area contributed by atoms with E-state index in [1.54, 1.807) is 0 Å². The van der Waals surface area contributed by atoms with Crippen molar-refractivity contribution >= 4 is 11.6 Å². The highest BCUT2D eigenvalue weighted by Gasteiger charge is 2.24. The zero-order valence-corrected chi connectivity index (χ0v) is 9.99. The zero-order valence-electron chi connectivity index (χ0n) is 9.99. The van der Waals surface area contributed by atoms with Gasteiger partial charge < -0.3 is 5.32 Å². The fraction of sp³-hybridized carbons (Fsp3) is 0.417. The molecule has 0 radical (unpaired) electrons. The molecule has 0 unspecified atom stereocenters. The molecule has 5 nitrogen and oxygen atoms in total. The molecular weight excluding hydrogens is 258 g/mol. The lowest BCUT2D eigenvalue weighted by Gasteiger charge is -2.12. The van der Waals surface area contributed by atoms with E-state index in [1.165, 1.54) is 0 Å². The summed E-state index contributed by atoms with van der Waals surface area (Å²) in [6.45, 7) is 0. The molecule has 0 aliphatic heterocycles. The summed E-state index contributed by atoms with van der Waals surface area (Å²) < 4.78 is 26.9. The molecule has 7 heteroatoms. The van der Waals surface area contributed by atoms with Crippen LogP contribution >= 0.6 is 0 Å². The number of halogens is 2. The second-order valence-corrected chi connectivity index (χ2v) is 4.50. The third-order valence-corrected chi connectivity index (χ3v) is 3.17. The van der Waals surface area contributed by atoms with Crippen LogP contribution in [0.15, 0.2) is 12.1 Å². The number of nitrogens with zero attached hydrogens (tertiary/aromatic N) is 1. The lowest BCUT2D eigenvalue weighted by Crippen LogP contribution is -2.33. The average Bonchev–Trinajstić information content (AvgIpc) is 2.83. The van der Waals surface area contributed by atoms with Gasteiger partial charge in [0, 0.05) is 6.04 Å². The van der Waals surface area contributed by atoms with Gasteiger partial charge >= 0.3 is 5.69 Å². The van der Waals surface area contributed by atoms with Crippen molar-refractivity contribution in [3.63, 3.8) is 0 Å². The van der Waals surface area contributed by atoms with Gasteiger partial charge in [-0.15, -0.1) is 0 Å². The van der Waals surface area contributed by atoms with Crippen molar-refractivity contribution in [1.82, 2.24) is 5.32 Å². The number of carbonyl (C=O) groups is 1. The van der Waals surface area contributed by atoms with Crippen LogP contribution in [0.5, 0.6) is 0 Å². The Bertz CT molecular complexity index is 528. The molecule has 1 N–H and O–H groups in total. The molecule has 0 heterocycles. The number of nitro groups is 1. The largest absolute Gasteiger partial charge is 0.349 e. The monoisotopic (exact) mass is 270 g/mol. The summed E-state index contributed by atoms with van der Waals surface area (Å²) in [5, 5.41) is 13.0. The Morgan fingerprint density at radius 3 is 2.47 bits per heavy atom. The smallest absolute Gasteiger partial charge is 0.307 e. The first-order valence-corrected chi connectivity index (χ1v) is 5.93. The molecule has 19 heavy (non-hydrogen) atoms. The summed E-state index contributed by atoms with van der Waals surface area (Å²) in [6.07, 6.45) is 3.59. The van der Waals surface area contributed by atoms with E-state index in [2.05, 4.69) is 5.32 Å². The van der Waals surface area contributed by atoms with Crippen molar-refractivity contribution in [2.24, 2.45) is 0 Å². The number of hydrogen-bond donors (Lipinski definition) is 1. The van der Waals surface area contributed by atoms with Gasteiger partial charge in [-0.05, 0) is 18.9 Å². The minimum Gasteiger partial charge on any atom is -0.349 e. The maximum atomic E-state index is 13.6. The Labute approximate surface area is 107 Å². The van der Waals surface area contributed by atoms with E-state index in [0.717, 1.165) is 25.7 Å². The highest BCUT2D eigenvalue weighted by molar-refractivity contribution is 5.95. The number of carbonyl (C=O) groups excluding carboxylic acids is 1. The Morgan fingerprint density at radius 2 is 1.89 bits per heavy atom. The fourth-order valence-electron chi connectivity index (χ4n) is 2.18. The molecule has 0 atom stereocenters. The molecule has 1 aromatic carbocycles. The van der Waals surface area contributed by atoms with Gasteiger partial charge in [-0.3, -0.25) is 14.9 Å². The third kappa shape index (κ3) is 2.86. The van der Waals surface area contributed by atoms with Crippen molar-refractivity contribution in [3.8, 4) is 0 Å². The molecule has 1 amide bonds. The number of amides is 1. The molecule has 0 spiro atoms. The van der Waals surface area contributed by atoms with Gasteiger partial charge in [-0.25, -0.2) is 4.39 Å². The second kappa shape index (κ2) is 5.29. The van der Waals surface area contributed by atoms with Crippen molar-refractivity contribution in [2.45, 2.75) is 31.7 Å². The third-order valence-electron chi connectivity index (χ3n) is 3.17. The molecule has 0 aromatic heterocycles. The van der Waals surface area contributed by atoms with Crippen LogP contribution < -0.4 is 5.32 Å². The SMILES string of the molecule is O=C(NC1CCCC1)c1cc(F)c([N+](=O)[O-])cc1F. The summed E-state index contributed by atoms with van der Waals surface area (Å²) in [5.74, 6) is -3.05. The molecule has 1 fully saturated rings. The van der Waals surface area contributed by atoms with Gasteiger partial charge in [-0.2, -0.15) is 4.39 Å². The summed E-state index contributed by atoms with van der Waals surface area (Å²) in [4.78, 5) is 21.2. The maximum Gasteiger partial charge on any atom is 0.307 e. The minimum atomic E-state index is -1.22. The Balaban J connectivity index is 2.22. The topological polar surface area (TPSA) is 72.2 Å². The Morgan fingerprint density at radius 1 is 1.26 bits per heavy atom. The molecule has 1 saturated carbocycles. The van der Waals surface area contributed by atoms with E-state index < -0.39 is 33.7 Å². The van der Waals surface area contributed by atoms with Crippen molar-refractivity contribution < 1.29 is 18.5 Å². The standard InChI is InChI=1S/C12H12F2N2O3/c13-9-6-11(16(18)19)10(14)5-8(9)12(17)15-7-3-1-2-4-7/h5-7H,1-4H2,(H,15,17). The number of nitro benzene ring substituents is 1. The van der Waals surface area contributed by atoms with E-state index in [-0.39, 0.29) is 6.04 Å². The van der Waals surface area contributed by atoms with Crippen LogP contribution in [0.4, 0.5) is 14.5 Å². The van der Waals surface area contributed by atoms with E-state index in [4.69, 9.17) is 0 Å². The zero-order chi connectivity index (χ0) is 14.0. The molecule has 1 aliphatic carbocycles. The first kappa shape index (κ1) is 13.4. The quantitative estimate of drug-likeness (QED) is 0.677. The highest BCUT2D eigenvalue weighted by Crippen LogP contribution is 2.23. The average molecular weight is 270 g/mol. The Hall–Kier alpha value is -2.05. The van der Waals surface area contributed by atoms with Gasteiger partial charge in [0.2, 0.25) is 5.82 Å². The van der Waals surface area contributed by atoms with E-state index in [0.29, 0.717) is 12.1 Å². The lowest BCUT2D eigenvalue weighted by atomic mass is 10.1. The van der Waals surface area contributed by atoms with Crippen LogP contribution in [0.1, 0.15) is 36.0 Å². The van der Waals surface area contributed by atoms with Gasteiger partial charge in [0.1, 0.15) is 5.82 Å². The normalized spacial score (nSPS) is 15.5. The van der Waals surface area contributed by atoms with Crippen molar-refractivity contribution in [1.29, 1.82) is 0 Å². The predicted molar refractivity (Wildman–Crippen MR) is 62.7 cm³/mol. The van der Waals surface area contributed by atoms with Crippen LogP contribution in [-0.2, 0) is 0 Å². The van der Waals surface area contributed by atoms with Crippen molar-refractivity contribution in [3.05, 3.63) is 39.4 Å². The van der Waals surface area contributed by atoms with Gasteiger partial charge in [0.15, 0.2) is 0 Å². The Kier molecular flexibility index (Phi) is 3.73. The molecule has 0 bridgehead atoms. The van der Waals surface area contributed by atoms with Gasteiger partial charge in [-0.1, -0.05) is 12.8 Å². The molecule has 1 aliphatic rings. The summed E-state index contributed by atoms with van der Waals surface area (Å²) >= 11 is 0. The molecular formula is C12H12F2N2O3. The van der Waals surface area contributed by atoms with Crippen molar-refractivity contribution in [2.75, 3.05) is 0 Å². The second-order valence-electron chi connectivity index (χ2n) is 4.50. The highest BCUT2D eigenvalue weighted by atomic mass is 19.1. The van der Waals surface area contributed by atoms with E-state index in [9.17, 15) is 23.7 Å². The van der Waals surface area contributed by atoms with Gasteiger partial charge in [0.05, 0.1) is 16.6 Å². The molecule has 2 rings (SSSR count). The number of nitrogens with one attached hydrogen (secondary N) is 1. The maximum absolute atomic E-state index is 13.6. The molecule has 102 valence electrons. The van der Waals surface area contributed by atoms with Crippen LogP contribution in [0.25, 0.3) is 0 Å². The first-order valence-electron chi connectivity index (χ1n) is 5.93. The minimum absolute atomic E-state index is 0.0369. The van der Waals surface area contributed by atoms with Crippen LogP contribution in [0.3, 0.4) is 0 Å². The number of hydrogen-bond acceptors (Lipinski definition) is 3. The van der Waals surface area contributed by atoms with E-state index in [1.807, 2.05) is 0 Å². The van der Waals surface area contributed by atoms with E-state index >= 15 is 0 Å². The van der Waals surface area contributed by atoms with Crippen LogP contribution in [0.2, 0.25) is 0 Å². The number of rotatable bonds is 3. The lowest BCUT2D eigenvalue weighted by molar-refractivity contribution is -0.387. The summed E-state index contributed by atoms with van der Waals surface area (Å²) in [7, 11) is 0. The first-order chi connectivity index (χ1) is 8.99.